The molecule has 1 aromatic carbocycles. The zero-order valence-corrected chi connectivity index (χ0v) is 12.5. The van der Waals surface area contributed by atoms with Crippen molar-refractivity contribution in [1.29, 1.82) is 0 Å². The molecule has 0 aromatic heterocycles. The quantitative estimate of drug-likeness (QED) is 0.845. The van der Waals surface area contributed by atoms with Crippen molar-refractivity contribution < 1.29 is 0 Å². The Labute approximate surface area is 117 Å². The zero-order chi connectivity index (χ0) is 13.8. The molecular formula is C16H27N3. The van der Waals surface area contributed by atoms with Crippen LogP contribution in [0, 0.1) is 12.8 Å². The Morgan fingerprint density at radius 2 is 1.74 bits per heavy atom. The van der Waals surface area contributed by atoms with Gasteiger partial charge in [-0.2, -0.15) is 0 Å². The minimum atomic E-state index is 0.769. The van der Waals surface area contributed by atoms with Crippen LogP contribution in [-0.4, -0.2) is 42.5 Å². The molecular weight excluding hydrogens is 234 g/mol. The van der Waals surface area contributed by atoms with Gasteiger partial charge in [0.2, 0.25) is 0 Å². The second kappa shape index (κ2) is 6.40. The topological polar surface area (TPSA) is 32.5 Å². The molecule has 0 radical (unpaired) electrons. The summed E-state index contributed by atoms with van der Waals surface area (Å²) in [5.74, 6) is 0.769. The van der Waals surface area contributed by atoms with Crippen LogP contribution in [0.4, 0.5) is 5.69 Å². The van der Waals surface area contributed by atoms with E-state index in [-0.39, 0.29) is 0 Å². The lowest BCUT2D eigenvalue weighted by molar-refractivity contribution is 0.117. The molecule has 3 heteroatoms. The number of benzene rings is 1. The molecule has 0 amide bonds. The summed E-state index contributed by atoms with van der Waals surface area (Å²) in [6.45, 7) is 13.8. The fourth-order valence-electron chi connectivity index (χ4n) is 2.78. The van der Waals surface area contributed by atoms with E-state index in [1.807, 2.05) is 6.07 Å². The Hall–Kier alpha value is -1.06. The largest absolute Gasteiger partial charge is 0.399 e. The van der Waals surface area contributed by atoms with Gasteiger partial charge < -0.3 is 10.6 Å². The lowest BCUT2D eigenvalue weighted by Gasteiger charge is -2.35. The molecule has 3 nitrogen and oxygen atoms in total. The first-order chi connectivity index (χ1) is 9.04. The molecule has 0 unspecified atom stereocenters. The van der Waals surface area contributed by atoms with Gasteiger partial charge >= 0.3 is 0 Å². The summed E-state index contributed by atoms with van der Waals surface area (Å²) in [7, 11) is 0. The monoisotopic (exact) mass is 261 g/mol. The SMILES string of the molecule is Cc1cc(N)ccc1CN1CCN(CC(C)C)CC1. The van der Waals surface area contributed by atoms with Crippen LogP contribution in [0.15, 0.2) is 18.2 Å². The van der Waals surface area contributed by atoms with Crippen LogP contribution in [0.3, 0.4) is 0 Å². The van der Waals surface area contributed by atoms with Gasteiger partial charge in [-0.15, -0.1) is 0 Å². The van der Waals surface area contributed by atoms with E-state index in [1.54, 1.807) is 0 Å². The van der Waals surface area contributed by atoms with Gasteiger partial charge in [-0.3, -0.25) is 4.90 Å². The van der Waals surface area contributed by atoms with Crippen LogP contribution in [0.5, 0.6) is 0 Å². The fraction of sp³-hybridized carbons (Fsp3) is 0.625. The lowest BCUT2D eigenvalue weighted by atomic mass is 10.1. The number of nitrogen functional groups attached to an aromatic ring is 1. The molecule has 106 valence electrons. The molecule has 1 heterocycles. The third kappa shape index (κ3) is 4.22. The van der Waals surface area contributed by atoms with E-state index in [0.29, 0.717) is 0 Å². The molecule has 1 fully saturated rings. The van der Waals surface area contributed by atoms with Crippen molar-refractivity contribution in [2.75, 3.05) is 38.5 Å². The second-order valence-corrected chi connectivity index (χ2v) is 6.16. The molecule has 1 aliphatic rings. The maximum atomic E-state index is 5.80. The van der Waals surface area contributed by atoms with E-state index in [4.69, 9.17) is 5.73 Å². The lowest BCUT2D eigenvalue weighted by Crippen LogP contribution is -2.46. The molecule has 19 heavy (non-hydrogen) atoms. The molecule has 1 aromatic rings. The Morgan fingerprint density at radius 3 is 2.32 bits per heavy atom. The first kappa shape index (κ1) is 14.4. The van der Waals surface area contributed by atoms with E-state index in [1.165, 1.54) is 43.9 Å². The molecule has 0 aliphatic carbocycles. The maximum Gasteiger partial charge on any atom is 0.0316 e. The number of hydrogen-bond donors (Lipinski definition) is 1. The number of nitrogens with zero attached hydrogens (tertiary/aromatic N) is 2. The summed E-state index contributed by atoms with van der Waals surface area (Å²) in [6, 6.07) is 6.26. The van der Waals surface area contributed by atoms with E-state index in [2.05, 4.69) is 42.7 Å². The molecule has 0 bridgehead atoms. The molecule has 1 saturated heterocycles. The molecule has 0 saturated carbocycles. The number of aryl methyl sites for hydroxylation is 1. The number of nitrogens with two attached hydrogens (primary N) is 1. The fourth-order valence-corrected chi connectivity index (χ4v) is 2.78. The Balaban J connectivity index is 1.85. The molecule has 2 N–H and O–H groups in total. The van der Waals surface area contributed by atoms with Gasteiger partial charge in [0, 0.05) is 45.0 Å². The molecule has 0 atom stereocenters. The first-order valence-corrected chi connectivity index (χ1v) is 7.34. The van der Waals surface area contributed by atoms with Crippen LogP contribution < -0.4 is 5.73 Å². The van der Waals surface area contributed by atoms with Crippen LogP contribution in [0.25, 0.3) is 0 Å². The van der Waals surface area contributed by atoms with Crippen molar-refractivity contribution >= 4 is 5.69 Å². The summed E-state index contributed by atoms with van der Waals surface area (Å²) < 4.78 is 0. The third-order valence-corrected chi connectivity index (χ3v) is 3.85. The van der Waals surface area contributed by atoms with Gasteiger partial charge in [-0.25, -0.2) is 0 Å². The second-order valence-electron chi connectivity index (χ2n) is 6.16. The smallest absolute Gasteiger partial charge is 0.0316 e. The van der Waals surface area contributed by atoms with Gasteiger partial charge in [0.1, 0.15) is 0 Å². The van der Waals surface area contributed by atoms with Crippen molar-refractivity contribution in [1.82, 2.24) is 9.80 Å². The van der Waals surface area contributed by atoms with E-state index >= 15 is 0 Å². The van der Waals surface area contributed by atoms with Crippen LogP contribution in [0.2, 0.25) is 0 Å². The Kier molecular flexibility index (Phi) is 4.83. The predicted octanol–water partition coefficient (Wildman–Crippen LogP) is 2.35. The predicted molar refractivity (Wildman–Crippen MR) is 82.1 cm³/mol. The summed E-state index contributed by atoms with van der Waals surface area (Å²) in [5, 5.41) is 0. The van der Waals surface area contributed by atoms with E-state index in [9.17, 15) is 0 Å². The maximum absolute atomic E-state index is 5.80. The van der Waals surface area contributed by atoms with Gasteiger partial charge in [0.25, 0.3) is 0 Å². The molecule has 1 aliphatic heterocycles. The Bertz CT molecular complexity index is 406. The van der Waals surface area contributed by atoms with Gasteiger partial charge in [-0.1, -0.05) is 19.9 Å². The number of rotatable bonds is 4. The molecule has 2 rings (SSSR count). The van der Waals surface area contributed by atoms with E-state index < -0.39 is 0 Å². The highest BCUT2D eigenvalue weighted by Crippen LogP contribution is 2.16. The average Bonchev–Trinajstić information content (AvgIpc) is 2.34. The number of hydrogen-bond acceptors (Lipinski definition) is 3. The average molecular weight is 261 g/mol. The third-order valence-electron chi connectivity index (χ3n) is 3.85. The van der Waals surface area contributed by atoms with Crippen molar-refractivity contribution in [3.05, 3.63) is 29.3 Å². The Morgan fingerprint density at radius 1 is 1.11 bits per heavy atom. The van der Waals surface area contributed by atoms with Gasteiger partial charge in [0.05, 0.1) is 0 Å². The standard InChI is InChI=1S/C16H27N3/c1-13(2)11-18-6-8-19(9-7-18)12-15-4-5-16(17)10-14(15)3/h4-5,10,13H,6-9,11-12,17H2,1-3H3. The van der Waals surface area contributed by atoms with E-state index in [0.717, 1.165) is 18.2 Å². The normalized spacial score (nSPS) is 18.1. The summed E-state index contributed by atoms with van der Waals surface area (Å²) in [6.07, 6.45) is 0. The number of piperazine rings is 1. The minimum absolute atomic E-state index is 0.769. The minimum Gasteiger partial charge on any atom is -0.399 e. The van der Waals surface area contributed by atoms with Crippen LogP contribution >= 0.6 is 0 Å². The van der Waals surface area contributed by atoms with Crippen LogP contribution in [-0.2, 0) is 6.54 Å². The van der Waals surface area contributed by atoms with Gasteiger partial charge in [0.15, 0.2) is 0 Å². The van der Waals surface area contributed by atoms with Crippen molar-refractivity contribution in [3.63, 3.8) is 0 Å². The first-order valence-electron chi connectivity index (χ1n) is 7.34. The summed E-state index contributed by atoms with van der Waals surface area (Å²) in [4.78, 5) is 5.13. The highest BCUT2D eigenvalue weighted by Gasteiger charge is 2.17. The van der Waals surface area contributed by atoms with Crippen LogP contribution in [0.1, 0.15) is 25.0 Å². The summed E-state index contributed by atoms with van der Waals surface area (Å²) in [5.41, 5.74) is 9.39. The summed E-state index contributed by atoms with van der Waals surface area (Å²) >= 11 is 0. The van der Waals surface area contributed by atoms with Crippen molar-refractivity contribution in [2.45, 2.75) is 27.3 Å². The van der Waals surface area contributed by atoms with Crippen molar-refractivity contribution in [2.24, 2.45) is 5.92 Å². The van der Waals surface area contributed by atoms with Gasteiger partial charge in [-0.05, 0) is 36.1 Å². The number of anilines is 1. The molecule has 0 spiro atoms. The highest BCUT2D eigenvalue weighted by atomic mass is 15.3. The highest BCUT2D eigenvalue weighted by molar-refractivity contribution is 5.44. The van der Waals surface area contributed by atoms with Crippen molar-refractivity contribution in [3.8, 4) is 0 Å². The zero-order valence-electron chi connectivity index (χ0n) is 12.5.